The minimum Gasteiger partial charge on any atom is -0.369 e. The Labute approximate surface area is 80.4 Å². The monoisotopic (exact) mass is 184 g/mol. The molecular formula is C10H20N2O. The molecule has 0 aliphatic carbocycles. The average molecular weight is 184 g/mol. The Morgan fingerprint density at radius 3 is 2.85 bits per heavy atom. The van der Waals surface area contributed by atoms with E-state index in [9.17, 15) is 4.79 Å². The molecule has 0 aromatic rings. The van der Waals surface area contributed by atoms with E-state index in [1.54, 1.807) is 0 Å². The summed E-state index contributed by atoms with van der Waals surface area (Å²) in [7, 11) is 0. The fourth-order valence-electron chi connectivity index (χ4n) is 1.09. The second-order valence-corrected chi connectivity index (χ2v) is 3.25. The number of hydrogen-bond donors (Lipinski definition) is 2. The number of unbranched alkanes of at least 4 members (excludes halogenated alkanes) is 1. The fourth-order valence-corrected chi connectivity index (χ4v) is 1.09. The first-order chi connectivity index (χ1) is 6.16. The average Bonchev–Trinajstić information content (AvgIpc) is 2.09. The van der Waals surface area contributed by atoms with Crippen LogP contribution in [0.1, 0.15) is 33.1 Å². The maximum atomic E-state index is 10.4. The summed E-state index contributed by atoms with van der Waals surface area (Å²) in [4.78, 5) is 10.4. The minimum absolute atomic E-state index is 0.283. The van der Waals surface area contributed by atoms with Crippen LogP contribution in [0.25, 0.3) is 0 Å². The quantitative estimate of drug-likeness (QED) is 0.461. The molecule has 0 bridgehead atoms. The third-order valence-corrected chi connectivity index (χ3v) is 1.87. The van der Waals surface area contributed by atoms with E-state index in [0.717, 1.165) is 19.3 Å². The molecule has 76 valence electrons. The highest BCUT2D eigenvalue weighted by molar-refractivity contribution is 5.75. The summed E-state index contributed by atoms with van der Waals surface area (Å²) in [6.07, 6.45) is 7.55. The van der Waals surface area contributed by atoms with Gasteiger partial charge in [-0.3, -0.25) is 4.79 Å². The van der Waals surface area contributed by atoms with Gasteiger partial charge < -0.3 is 11.1 Å². The van der Waals surface area contributed by atoms with E-state index < -0.39 is 0 Å². The van der Waals surface area contributed by atoms with Crippen molar-refractivity contribution in [2.75, 3.05) is 6.54 Å². The first-order valence-corrected chi connectivity index (χ1v) is 4.79. The molecule has 0 fully saturated rings. The molecule has 0 aromatic heterocycles. The van der Waals surface area contributed by atoms with Crippen LogP contribution >= 0.6 is 0 Å². The van der Waals surface area contributed by atoms with E-state index in [-0.39, 0.29) is 12.5 Å². The van der Waals surface area contributed by atoms with E-state index in [1.165, 1.54) is 0 Å². The smallest absolute Gasteiger partial charge is 0.231 e. The Morgan fingerprint density at radius 2 is 2.31 bits per heavy atom. The van der Waals surface area contributed by atoms with Gasteiger partial charge in [0.05, 0.1) is 6.54 Å². The van der Waals surface area contributed by atoms with E-state index >= 15 is 0 Å². The van der Waals surface area contributed by atoms with Gasteiger partial charge in [0, 0.05) is 6.04 Å². The zero-order chi connectivity index (χ0) is 10.1. The molecule has 0 saturated carbocycles. The largest absolute Gasteiger partial charge is 0.369 e. The molecule has 0 aliphatic rings. The lowest BCUT2D eigenvalue weighted by Crippen LogP contribution is -2.34. The lowest BCUT2D eigenvalue weighted by atomic mass is 10.1. The summed E-state index contributed by atoms with van der Waals surface area (Å²) in [5, 5.41) is 3.06. The van der Waals surface area contributed by atoms with Crippen LogP contribution in [0.4, 0.5) is 0 Å². The van der Waals surface area contributed by atoms with Crippen LogP contribution in [0.15, 0.2) is 12.2 Å². The Morgan fingerprint density at radius 1 is 1.62 bits per heavy atom. The number of nitrogens with two attached hydrogens (primary N) is 1. The number of hydrogen-bond acceptors (Lipinski definition) is 2. The van der Waals surface area contributed by atoms with Gasteiger partial charge in [0.1, 0.15) is 0 Å². The summed E-state index contributed by atoms with van der Waals surface area (Å²) >= 11 is 0. The van der Waals surface area contributed by atoms with Crippen molar-refractivity contribution >= 4 is 5.91 Å². The Hall–Kier alpha value is -0.830. The molecule has 3 nitrogen and oxygen atoms in total. The Kier molecular flexibility index (Phi) is 7.30. The maximum Gasteiger partial charge on any atom is 0.231 e. The van der Waals surface area contributed by atoms with Gasteiger partial charge in [0.2, 0.25) is 5.91 Å². The molecule has 0 rings (SSSR count). The van der Waals surface area contributed by atoms with Crippen LogP contribution < -0.4 is 11.1 Å². The SMILES string of the molecule is CC=CCCCC(C)NCC(N)=O. The molecule has 0 aromatic carbocycles. The number of amides is 1. The lowest BCUT2D eigenvalue weighted by molar-refractivity contribution is -0.117. The first-order valence-electron chi connectivity index (χ1n) is 4.79. The standard InChI is InChI=1S/C10H20N2O/c1-3-4-5-6-7-9(2)12-8-10(11)13/h3-4,9,12H,5-8H2,1-2H3,(H2,11,13). The molecule has 3 heteroatoms. The van der Waals surface area contributed by atoms with E-state index in [1.807, 2.05) is 6.92 Å². The van der Waals surface area contributed by atoms with Gasteiger partial charge in [-0.25, -0.2) is 0 Å². The number of nitrogens with one attached hydrogen (secondary N) is 1. The van der Waals surface area contributed by atoms with E-state index in [2.05, 4.69) is 24.4 Å². The van der Waals surface area contributed by atoms with Gasteiger partial charge in [-0.2, -0.15) is 0 Å². The molecule has 0 saturated heterocycles. The van der Waals surface area contributed by atoms with Crippen molar-refractivity contribution in [2.45, 2.75) is 39.2 Å². The molecule has 0 heterocycles. The van der Waals surface area contributed by atoms with E-state index in [0.29, 0.717) is 6.04 Å². The summed E-state index contributed by atoms with van der Waals surface area (Å²) in [6.45, 7) is 4.37. The normalized spacial score (nSPS) is 13.4. The second kappa shape index (κ2) is 7.80. The number of carbonyl (C=O) groups is 1. The lowest BCUT2D eigenvalue weighted by Gasteiger charge is -2.10. The highest BCUT2D eigenvalue weighted by atomic mass is 16.1. The maximum absolute atomic E-state index is 10.4. The van der Waals surface area contributed by atoms with Crippen molar-refractivity contribution in [1.82, 2.24) is 5.32 Å². The molecule has 1 amide bonds. The summed E-state index contributed by atoms with van der Waals surface area (Å²) < 4.78 is 0. The number of rotatable bonds is 7. The topological polar surface area (TPSA) is 55.1 Å². The van der Waals surface area contributed by atoms with Crippen LogP contribution in [0.3, 0.4) is 0 Å². The molecule has 0 aliphatic heterocycles. The second-order valence-electron chi connectivity index (χ2n) is 3.25. The highest BCUT2D eigenvalue weighted by Gasteiger charge is 2.01. The van der Waals surface area contributed by atoms with Gasteiger partial charge in [-0.05, 0) is 33.1 Å². The van der Waals surface area contributed by atoms with Gasteiger partial charge in [0.15, 0.2) is 0 Å². The number of carbonyl (C=O) groups excluding carboxylic acids is 1. The molecule has 13 heavy (non-hydrogen) atoms. The van der Waals surface area contributed by atoms with E-state index in [4.69, 9.17) is 5.73 Å². The highest BCUT2D eigenvalue weighted by Crippen LogP contribution is 2.00. The zero-order valence-corrected chi connectivity index (χ0v) is 8.55. The van der Waals surface area contributed by atoms with Crippen LogP contribution in [0.2, 0.25) is 0 Å². The number of allylic oxidation sites excluding steroid dienone is 2. The molecular weight excluding hydrogens is 164 g/mol. The summed E-state index contributed by atoms with van der Waals surface area (Å²) in [6, 6.07) is 0.373. The summed E-state index contributed by atoms with van der Waals surface area (Å²) in [5.74, 6) is -0.291. The van der Waals surface area contributed by atoms with Crippen molar-refractivity contribution in [3.8, 4) is 0 Å². The van der Waals surface area contributed by atoms with Crippen LogP contribution in [0.5, 0.6) is 0 Å². The van der Waals surface area contributed by atoms with Crippen LogP contribution in [0, 0.1) is 0 Å². The van der Waals surface area contributed by atoms with Gasteiger partial charge in [-0.15, -0.1) is 0 Å². The summed E-state index contributed by atoms with van der Waals surface area (Å²) in [5.41, 5.74) is 5.00. The van der Waals surface area contributed by atoms with Gasteiger partial charge in [0.25, 0.3) is 0 Å². The Bertz CT molecular complexity index is 166. The molecule has 0 spiro atoms. The Balaban J connectivity index is 3.29. The predicted octanol–water partition coefficient (Wildman–Crippen LogP) is 1.20. The third-order valence-electron chi connectivity index (χ3n) is 1.87. The fraction of sp³-hybridized carbons (Fsp3) is 0.700. The predicted molar refractivity (Wildman–Crippen MR) is 55.3 cm³/mol. The van der Waals surface area contributed by atoms with Crippen LogP contribution in [-0.2, 0) is 4.79 Å². The van der Waals surface area contributed by atoms with Crippen molar-refractivity contribution in [2.24, 2.45) is 5.73 Å². The first kappa shape index (κ1) is 12.2. The number of primary amides is 1. The van der Waals surface area contributed by atoms with Crippen molar-refractivity contribution in [3.05, 3.63) is 12.2 Å². The zero-order valence-electron chi connectivity index (χ0n) is 8.55. The molecule has 1 atom stereocenters. The van der Waals surface area contributed by atoms with Crippen LogP contribution in [-0.4, -0.2) is 18.5 Å². The van der Waals surface area contributed by atoms with Gasteiger partial charge in [-0.1, -0.05) is 12.2 Å². The molecule has 0 radical (unpaired) electrons. The third kappa shape index (κ3) is 9.08. The molecule has 3 N–H and O–H groups in total. The van der Waals surface area contributed by atoms with Crippen molar-refractivity contribution < 1.29 is 4.79 Å². The minimum atomic E-state index is -0.291. The molecule has 1 unspecified atom stereocenters. The van der Waals surface area contributed by atoms with Gasteiger partial charge >= 0.3 is 0 Å². The van der Waals surface area contributed by atoms with Crippen molar-refractivity contribution in [1.29, 1.82) is 0 Å². The van der Waals surface area contributed by atoms with Crippen molar-refractivity contribution in [3.63, 3.8) is 0 Å².